The van der Waals surface area contributed by atoms with Gasteiger partial charge in [0.2, 0.25) is 5.91 Å². The predicted octanol–water partition coefficient (Wildman–Crippen LogP) is 1.51. The third-order valence-electron chi connectivity index (χ3n) is 8.28. The first-order valence-corrected chi connectivity index (χ1v) is 12.5. The van der Waals surface area contributed by atoms with Crippen molar-refractivity contribution in [2.45, 2.75) is 88.8 Å². The van der Waals surface area contributed by atoms with Crippen molar-refractivity contribution in [3.05, 3.63) is 0 Å². The van der Waals surface area contributed by atoms with Crippen molar-refractivity contribution in [1.29, 1.82) is 0 Å². The molecule has 5 fully saturated rings. The lowest BCUT2D eigenvalue weighted by Gasteiger charge is -2.54. The van der Waals surface area contributed by atoms with E-state index in [1.807, 2.05) is 16.7 Å². The number of ether oxygens (including phenoxy) is 1. The topological polar surface area (TPSA) is 77.2 Å². The Kier molecular flexibility index (Phi) is 6.33. The standard InChI is InChI=1S/C23H38FN5O3/c1-14-12-27(23(31)32-20-8-18(24)10-25-11-20)22-7-16(3-6-21(22)29(14)15(2)30)17-9-26-28(13-17)19-4-5-19/h14,16-22,25-26H,3-13H2,1-2H3/t14-,16?,17?,18?,20?,21?,22?/m0/s1. The fraction of sp³-hybridized carbons (Fsp3) is 0.913. The van der Waals surface area contributed by atoms with Crippen LogP contribution in [0.1, 0.15) is 52.4 Å². The van der Waals surface area contributed by atoms with Crippen LogP contribution < -0.4 is 10.7 Å². The van der Waals surface area contributed by atoms with Crippen molar-refractivity contribution in [1.82, 2.24) is 25.6 Å². The highest BCUT2D eigenvalue weighted by Crippen LogP contribution is 2.41. The summed E-state index contributed by atoms with van der Waals surface area (Å²) in [5.74, 6) is 1.18. The van der Waals surface area contributed by atoms with Gasteiger partial charge in [0.25, 0.3) is 0 Å². The fourth-order valence-corrected chi connectivity index (χ4v) is 6.59. The Morgan fingerprint density at radius 3 is 2.50 bits per heavy atom. The van der Waals surface area contributed by atoms with Crippen molar-refractivity contribution in [2.75, 3.05) is 32.7 Å². The number of fused-ring (bicyclic) bond motifs is 1. The van der Waals surface area contributed by atoms with E-state index in [4.69, 9.17) is 4.74 Å². The van der Waals surface area contributed by atoms with E-state index in [9.17, 15) is 14.0 Å². The van der Waals surface area contributed by atoms with Gasteiger partial charge in [-0.3, -0.25) is 10.2 Å². The Balaban J connectivity index is 1.29. The van der Waals surface area contributed by atoms with Gasteiger partial charge in [-0.25, -0.2) is 14.2 Å². The minimum absolute atomic E-state index is 0.0333. The Labute approximate surface area is 190 Å². The van der Waals surface area contributed by atoms with Crippen LogP contribution in [0.15, 0.2) is 0 Å². The number of amides is 2. The van der Waals surface area contributed by atoms with Crippen molar-refractivity contribution < 1.29 is 18.7 Å². The summed E-state index contributed by atoms with van der Waals surface area (Å²) in [5.41, 5.74) is 3.59. The minimum Gasteiger partial charge on any atom is -0.445 e. The molecule has 180 valence electrons. The fourth-order valence-electron chi connectivity index (χ4n) is 6.59. The van der Waals surface area contributed by atoms with E-state index in [-0.39, 0.29) is 36.5 Å². The molecule has 3 heterocycles. The number of carbonyl (C=O) groups is 2. The molecule has 2 saturated carbocycles. The molecule has 0 spiro atoms. The van der Waals surface area contributed by atoms with Gasteiger partial charge < -0.3 is 19.9 Å². The average Bonchev–Trinajstić information content (AvgIpc) is 3.49. The van der Waals surface area contributed by atoms with Gasteiger partial charge in [-0.1, -0.05) is 0 Å². The van der Waals surface area contributed by atoms with Crippen LogP contribution in [0.3, 0.4) is 0 Å². The predicted molar refractivity (Wildman–Crippen MR) is 117 cm³/mol. The number of carbonyl (C=O) groups excluding carboxylic acids is 2. The Morgan fingerprint density at radius 1 is 0.969 bits per heavy atom. The molecule has 5 aliphatic rings. The number of nitrogens with one attached hydrogen (secondary N) is 2. The Bertz CT molecular complexity index is 722. The van der Waals surface area contributed by atoms with Crippen LogP contribution in [0.2, 0.25) is 0 Å². The van der Waals surface area contributed by atoms with Crippen LogP contribution in [0.25, 0.3) is 0 Å². The van der Waals surface area contributed by atoms with E-state index in [0.717, 1.165) is 32.4 Å². The van der Waals surface area contributed by atoms with Gasteiger partial charge >= 0.3 is 6.09 Å². The molecular weight excluding hydrogens is 413 g/mol. The van der Waals surface area contributed by atoms with E-state index in [0.29, 0.717) is 37.5 Å². The van der Waals surface area contributed by atoms with Crippen molar-refractivity contribution >= 4 is 12.0 Å². The summed E-state index contributed by atoms with van der Waals surface area (Å²) in [5, 5.41) is 5.42. The molecule has 5 rings (SSSR count). The molecule has 8 nitrogen and oxygen atoms in total. The van der Waals surface area contributed by atoms with E-state index in [1.54, 1.807) is 6.92 Å². The van der Waals surface area contributed by atoms with Crippen LogP contribution in [-0.4, -0.2) is 96.0 Å². The molecule has 0 aromatic rings. The molecule has 3 aliphatic heterocycles. The van der Waals surface area contributed by atoms with Crippen LogP contribution >= 0.6 is 0 Å². The Hall–Kier alpha value is -1.45. The van der Waals surface area contributed by atoms with Crippen molar-refractivity contribution in [3.8, 4) is 0 Å². The third-order valence-corrected chi connectivity index (χ3v) is 8.28. The summed E-state index contributed by atoms with van der Waals surface area (Å²) >= 11 is 0. The summed E-state index contributed by atoms with van der Waals surface area (Å²) in [6, 6.07) is 0.658. The van der Waals surface area contributed by atoms with E-state index < -0.39 is 12.3 Å². The number of hydrogen-bond acceptors (Lipinski definition) is 6. The maximum absolute atomic E-state index is 13.8. The number of alkyl halides is 1. The summed E-state index contributed by atoms with van der Waals surface area (Å²) in [6.45, 7) is 7.02. The molecule has 2 amide bonds. The Morgan fingerprint density at radius 2 is 1.78 bits per heavy atom. The number of hydrazine groups is 1. The van der Waals surface area contributed by atoms with Crippen molar-refractivity contribution in [3.63, 3.8) is 0 Å². The molecule has 6 unspecified atom stereocenters. The molecule has 3 saturated heterocycles. The van der Waals surface area contributed by atoms with Gasteiger partial charge in [0.05, 0.1) is 12.1 Å². The molecule has 0 bridgehead atoms. The van der Waals surface area contributed by atoms with E-state index in [1.165, 1.54) is 12.8 Å². The van der Waals surface area contributed by atoms with E-state index in [2.05, 4.69) is 15.8 Å². The van der Waals surface area contributed by atoms with E-state index >= 15 is 0 Å². The second-order valence-corrected chi connectivity index (χ2v) is 10.6. The third kappa shape index (κ3) is 4.48. The number of piperidine rings is 1. The highest BCUT2D eigenvalue weighted by Gasteiger charge is 2.49. The van der Waals surface area contributed by atoms with Crippen LogP contribution in [-0.2, 0) is 9.53 Å². The summed E-state index contributed by atoms with van der Waals surface area (Å²) in [4.78, 5) is 29.6. The molecule has 0 aromatic heterocycles. The van der Waals surface area contributed by atoms with Crippen LogP contribution in [0.4, 0.5) is 9.18 Å². The van der Waals surface area contributed by atoms with Crippen LogP contribution in [0.5, 0.6) is 0 Å². The molecule has 7 atom stereocenters. The highest BCUT2D eigenvalue weighted by molar-refractivity contribution is 5.75. The maximum Gasteiger partial charge on any atom is 0.410 e. The quantitative estimate of drug-likeness (QED) is 0.678. The first-order valence-electron chi connectivity index (χ1n) is 12.5. The molecule has 32 heavy (non-hydrogen) atoms. The lowest BCUT2D eigenvalue weighted by molar-refractivity contribution is -0.142. The van der Waals surface area contributed by atoms with Gasteiger partial charge in [-0.2, -0.15) is 0 Å². The molecule has 2 N–H and O–H groups in total. The molecule has 0 aromatic carbocycles. The number of hydrogen-bond donors (Lipinski definition) is 2. The number of rotatable bonds is 3. The zero-order valence-corrected chi connectivity index (χ0v) is 19.3. The molecule has 9 heteroatoms. The van der Waals surface area contributed by atoms with Gasteiger partial charge in [-0.05, 0) is 50.9 Å². The molecular formula is C23H38FN5O3. The zero-order valence-electron chi connectivity index (χ0n) is 19.3. The zero-order chi connectivity index (χ0) is 22.4. The van der Waals surface area contributed by atoms with Gasteiger partial charge in [0.1, 0.15) is 12.3 Å². The second kappa shape index (κ2) is 9.06. The normalized spacial score (nSPS) is 40.8. The van der Waals surface area contributed by atoms with Crippen LogP contribution in [0, 0.1) is 11.8 Å². The largest absolute Gasteiger partial charge is 0.445 e. The number of piperazine rings is 1. The second-order valence-electron chi connectivity index (χ2n) is 10.6. The first kappa shape index (κ1) is 22.3. The van der Waals surface area contributed by atoms with Crippen molar-refractivity contribution in [2.24, 2.45) is 11.8 Å². The lowest BCUT2D eigenvalue weighted by atomic mass is 9.73. The summed E-state index contributed by atoms with van der Waals surface area (Å²) < 4.78 is 19.6. The summed E-state index contributed by atoms with van der Waals surface area (Å²) in [7, 11) is 0. The SMILES string of the molecule is CC(=O)N1C2CCC(C3CNN(C4CC4)C3)CC2N(C(=O)OC2CNCC(F)C2)C[C@@H]1C. The highest BCUT2D eigenvalue weighted by atomic mass is 19.1. The lowest BCUT2D eigenvalue weighted by Crippen LogP contribution is -2.67. The monoisotopic (exact) mass is 451 g/mol. The molecule has 2 aliphatic carbocycles. The van der Waals surface area contributed by atoms with Gasteiger partial charge in [-0.15, -0.1) is 0 Å². The van der Waals surface area contributed by atoms with Gasteiger partial charge in [0.15, 0.2) is 0 Å². The minimum atomic E-state index is -0.980. The maximum atomic E-state index is 13.8. The summed E-state index contributed by atoms with van der Waals surface area (Å²) in [6.07, 6.45) is 3.97. The van der Waals surface area contributed by atoms with Gasteiger partial charge in [0, 0.05) is 58.2 Å². The average molecular weight is 452 g/mol. The smallest absolute Gasteiger partial charge is 0.410 e. The molecule has 0 radical (unpaired) electrons. The number of halogens is 1. The number of nitrogens with zero attached hydrogens (tertiary/aromatic N) is 3. The first-order chi connectivity index (χ1) is 15.4.